The monoisotopic (exact) mass is 788 g/mol. The van der Waals surface area contributed by atoms with E-state index < -0.39 is 34.2 Å². The van der Waals surface area contributed by atoms with Crippen LogP contribution in [0.15, 0.2) is 42.5 Å². The third-order valence-corrected chi connectivity index (χ3v) is 14.2. The van der Waals surface area contributed by atoms with Gasteiger partial charge in [0.2, 0.25) is 0 Å². The van der Waals surface area contributed by atoms with Crippen LogP contribution in [-0.4, -0.2) is 88.5 Å². The smallest absolute Gasteiger partial charge is 0.309 e. The van der Waals surface area contributed by atoms with Gasteiger partial charge >= 0.3 is 5.97 Å². The van der Waals surface area contributed by atoms with Gasteiger partial charge in [-0.3, -0.25) is 24.2 Å². The molecule has 55 heavy (non-hydrogen) atoms. The summed E-state index contributed by atoms with van der Waals surface area (Å²) in [6, 6.07) is 7.71. The highest BCUT2D eigenvalue weighted by atomic mass is 35.5. The molecule has 8 rings (SSSR count). The van der Waals surface area contributed by atoms with Crippen molar-refractivity contribution in [1.29, 1.82) is 0 Å². The number of carboxylic acid groups (broad SMARTS) is 1. The molecule has 12 nitrogen and oxygen atoms in total. The van der Waals surface area contributed by atoms with Gasteiger partial charge in [-0.15, -0.1) is 11.6 Å². The standard InChI is InChI=1S/C41H50Cl2N8O4/c1-25(2)51-20-12-32-30(23-51)45-35(49(32)4)37(53)47-41(13-7-9-27(33(41)43)26-8-5-6-10-28(26)42)46-36(52)34-44-29-22-50(19-11-31(29)48(34)3)21-18-39-14-16-40(24-39,17-15-39)38(54)55/h5-10,13,25,33H,11-12,14-24H2,1-4H3,(H,46,52)(H,47,53)(H,54,55). The lowest BCUT2D eigenvalue weighted by atomic mass is 9.80. The van der Waals surface area contributed by atoms with Crippen molar-refractivity contribution in [3.8, 4) is 0 Å². The highest BCUT2D eigenvalue weighted by Crippen LogP contribution is 2.63. The molecule has 1 aromatic carbocycles. The van der Waals surface area contributed by atoms with Gasteiger partial charge in [0.15, 0.2) is 17.3 Å². The van der Waals surface area contributed by atoms with Crippen molar-refractivity contribution in [3.05, 3.63) is 87.5 Å². The van der Waals surface area contributed by atoms with Crippen molar-refractivity contribution < 1.29 is 19.5 Å². The summed E-state index contributed by atoms with van der Waals surface area (Å²) in [5, 5.41) is 15.6. The molecule has 5 aliphatic rings. The molecule has 3 aliphatic carbocycles. The lowest BCUT2D eigenvalue weighted by Gasteiger charge is -2.39. The Balaban J connectivity index is 1.04. The van der Waals surface area contributed by atoms with Crippen LogP contribution in [0.25, 0.3) is 5.57 Å². The van der Waals surface area contributed by atoms with E-state index in [2.05, 4.69) is 34.3 Å². The normalized spacial score (nSPS) is 27.5. The average molecular weight is 790 g/mol. The average Bonchev–Trinajstić information content (AvgIpc) is 3.92. The zero-order chi connectivity index (χ0) is 38.9. The second kappa shape index (κ2) is 14.2. The topological polar surface area (TPSA) is 138 Å². The number of nitrogens with one attached hydrogen (secondary N) is 2. The van der Waals surface area contributed by atoms with E-state index in [0.29, 0.717) is 35.3 Å². The van der Waals surface area contributed by atoms with E-state index in [1.165, 1.54) is 0 Å². The van der Waals surface area contributed by atoms with Gasteiger partial charge < -0.3 is 24.9 Å². The van der Waals surface area contributed by atoms with E-state index in [0.717, 1.165) is 93.8 Å². The fraction of sp³-hybridized carbons (Fsp3) is 0.537. The number of aliphatic carboxylic acids is 1. The molecule has 2 amide bonds. The number of halogens is 2. The predicted octanol–water partition coefficient (Wildman–Crippen LogP) is 5.47. The molecule has 2 fully saturated rings. The van der Waals surface area contributed by atoms with Crippen LogP contribution in [0.1, 0.15) is 102 Å². The van der Waals surface area contributed by atoms with Gasteiger partial charge in [0.25, 0.3) is 11.8 Å². The maximum Gasteiger partial charge on any atom is 0.309 e. The molecular weight excluding hydrogens is 739 g/mol. The molecule has 14 heteroatoms. The van der Waals surface area contributed by atoms with Crippen LogP contribution >= 0.6 is 23.2 Å². The van der Waals surface area contributed by atoms with Gasteiger partial charge in [0, 0.05) is 75.6 Å². The fourth-order valence-corrected chi connectivity index (χ4v) is 10.5. The zero-order valence-corrected chi connectivity index (χ0v) is 33.5. The number of carbonyl (C=O) groups excluding carboxylic acids is 2. The van der Waals surface area contributed by atoms with E-state index in [1.54, 1.807) is 18.2 Å². The van der Waals surface area contributed by atoms with Crippen molar-refractivity contribution in [2.24, 2.45) is 24.9 Å². The third kappa shape index (κ3) is 6.62. The second-order valence-corrected chi connectivity index (χ2v) is 17.6. The highest BCUT2D eigenvalue weighted by Gasteiger charge is 2.58. The molecule has 2 bridgehead atoms. The van der Waals surface area contributed by atoms with Crippen LogP contribution in [0.5, 0.6) is 0 Å². The minimum absolute atomic E-state index is 0.109. The van der Waals surface area contributed by atoms with Crippen LogP contribution in [0.3, 0.4) is 0 Å². The number of carbonyl (C=O) groups is 3. The Labute approximate surface area is 332 Å². The van der Waals surface area contributed by atoms with E-state index in [1.807, 2.05) is 47.5 Å². The maximum atomic E-state index is 14.4. The number of fused-ring (bicyclic) bond motifs is 4. The number of allylic oxidation sites excluding steroid dienone is 2. The molecule has 2 atom stereocenters. The summed E-state index contributed by atoms with van der Waals surface area (Å²) in [5.41, 5.74) is 3.08. The Morgan fingerprint density at radius 1 is 0.927 bits per heavy atom. The SMILES string of the molecule is CC(C)N1CCc2c(nc(C(=O)NC3(NC(=O)c4nc5c(n4C)CCN(CCC46CCC(C(=O)O)(CC4)C6)C5)C=CC=C(c4ccccc4Cl)C3Cl)n2C)C1. The largest absolute Gasteiger partial charge is 0.481 e. The van der Waals surface area contributed by atoms with Gasteiger partial charge in [0.05, 0.1) is 16.8 Å². The molecule has 3 aromatic rings. The number of hydrogen-bond donors (Lipinski definition) is 3. The second-order valence-electron chi connectivity index (χ2n) is 16.7. The molecule has 2 aliphatic heterocycles. The Morgan fingerprint density at radius 3 is 2.15 bits per heavy atom. The maximum absolute atomic E-state index is 14.4. The van der Waals surface area contributed by atoms with Gasteiger partial charge in [0.1, 0.15) is 5.38 Å². The predicted molar refractivity (Wildman–Crippen MR) is 211 cm³/mol. The van der Waals surface area contributed by atoms with E-state index in [9.17, 15) is 19.5 Å². The number of aromatic nitrogens is 4. The van der Waals surface area contributed by atoms with Crippen molar-refractivity contribution in [2.45, 2.75) is 95.4 Å². The summed E-state index contributed by atoms with van der Waals surface area (Å²) in [5.74, 6) is -1.12. The lowest BCUT2D eigenvalue weighted by molar-refractivity contribution is -0.148. The van der Waals surface area contributed by atoms with Crippen molar-refractivity contribution in [2.75, 3.05) is 19.6 Å². The van der Waals surface area contributed by atoms with Crippen LogP contribution in [0.4, 0.5) is 0 Å². The summed E-state index contributed by atoms with van der Waals surface area (Å²) in [7, 11) is 3.71. The van der Waals surface area contributed by atoms with E-state index in [-0.39, 0.29) is 17.1 Å². The Hall–Kier alpha value is -3.97. The number of imidazole rings is 2. The molecule has 3 N–H and O–H groups in total. The molecule has 0 radical (unpaired) electrons. The molecule has 292 valence electrons. The van der Waals surface area contributed by atoms with Crippen molar-refractivity contribution >= 4 is 46.6 Å². The minimum Gasteiger partial charge on any atom is -0.481 e. The summed E-state index contributed by atoms with van der Waals surface area (Å²) in [6.45, 7) is 8.14. The number of benzene rings is 1. The Kier molecular flexibility index (Phi) is 9.79. The number of hydrogen-bond acceptors (Lipinski definition) is 7. The number of rotatable bonds is 10. The molecule has 2 unspecified atom stereocenters. The van der Waals surface area contributed by atoms with Crippen LogP contribution in [-0.2, 0) is 44.8 Å². The Bertz CT molecular complexity index is 2110. The number of carboxylic acids is 1. The molecule has 0 spiro atoms. The first kappa shape index (κ1) is 37.9. The van der Waals surface area contributed by atoms with Crippen LogP contribution < -0.4 is 10.6 Å². The summed E-state index contributed by atoms with van der Waals surface area (Å²) < 4.78 is 3.69. The summed E-state index contributed by atoms with van der Waals surface area (Å²) >= 11 is 14.0. The van der Waals surface area contributed by atoms with Gasteiger partial charge in [-0.25, -0.2) is 9.97 Å². The number of amides is 2. The first-order valence-corrected chi connectivity index (χ1v) is 20.3. The van der Waals surface area contributed by atoms with Crippen molar-refractivity contribution in [3.63, 3.8) is 0 Å². The van der Waals surface area contributed by atoms with Crippen molar-refractivity contribution in [1.82, 2.24) is 39.5 Å². The minimum atomic E-state index is -1.57. The fourth-order valence-electron chi connectivity index (χ4n) is 9.89. The summed E-state index contributed by atoms with van der Waals surface area (Å²) in [6.07, 6.45) is 12.1. The summed E-state index contributed by atoms with van der Waals surface area (Å²) in [4.78, 5) is 55.2. The highest BCUT2D eigenvalue weighted by molar-refractivity contribution is 6.34. The number of nitrogens with zero attached hydrogens (tertiary/aromatic N) is 6. The van der Waals surface area contributed by atoms with Gasteiger partial charge in [-0.2, -0.15) is 0 Å². The molecule has 2 aromatic heterocycles. The molecular formula is C41H50Cl2N8O4. The zero-order valence-electron chi connectivity index (χ0n) is 32.0. The van der Waals surface area contributed by atoms with E-state index in [4.69, 9.17) is 33.2 Å². The van der Waals surface area contributed by atoms with Crippen LogP contribution in [0, 0.1) is 10.8 Å². The van der Waals surface area contributed by atoms with Gasteiger partial charge in [-0.1, -0.05) is 42.0 Å². The molecule has 0 saturated heterocycles. The van der Waals surface area contributed by atoms with Crippen LogP contribution in [0.2, 0.25) is 5.02 Å². The first-order valence-electron chi connectivity index (χ1n) is 19.5. The van der Waals surface area contributed by atoms with Gasteiger partial charge in [-0.05, 0) is 87.6 Å². The quantitative estimate of drug-likeness (QED) is 0.182. The van der Waals surface area contributed by atoms with E-state index >= 15 is 0 Å². The lowest BCUT2D eigenvalue weighted by Crippen LogP contribution is -2.65. The number of alkyl halides is 1. The molecule has 4 heterocycles. The third-order valence-electron chi connectivity index (χ3n) is 13.3. The Morgan fingerprint density at radius 2 is 1.55 bits per heavy atom. The first-order chi connectivity index (χ1) is 26.2. The molecule has 2 saturated carbocycles.